The molecule has 28 heavy (non-hydrogen) atoms. The van der Waals surface area contributed by atoms with E-state index in [1.165, 1.54) is 0 Å². The van der Waals surface area contributed by atoms with Gasteiger partial charge in [0.15, 0.2) is 5.82 Å². The van der Waals surface area contributed by atoms with Gasteiger partial charge in [0.25, 0.3) is 0 Å². The predicted molar refractivity (Wildman–Crippen MR) is 109 cm³/mol. The second-order valence-electron chi connectivity index (χ2n) is 6.79. The van der Waals surface area contributed by atoms with Gasteiger partial charge in [0.1, 0.15) is 16.8 Å². The first-order chi connectivity index (χ1) is 13.3. The maximum atomic E-state index is 11.1. The van der Waals surface area contributed by atoms with Crippen molar-refractivity contribution in [1.29, 1.82) is 0 Å². The summed E-state index contributed by atoms with van der Waals surface area (Å²) in [6.07, 6.45) is -0.125. The first-order valence-corrected chi connectivity index (χ1v) is 11.1. The van der Waals surface area contributed by atoms with Gasteiger partial charge >= 0.3 is 7.60 Å². The van der Waals surface area contributed by atoms with E-state index in [2.05, 4.69) is 19.9 Å². The van der Waals surface area contributed by atoms with Gasteiger partial charge in [-0.15, -0.1) is 0 Å². The minimum atomic E-state index is -3.98. The summed E-state index contributed by atoms with van der Waals surface area (Å²) in [5, 5.41) is 1.13. The fraction of sp³-hybridized carbons (Fsp3) is 0.412. The van der Waals surface area contributed by atoms with E-state index in [0.29, 0.717) is 32.7 Å². The van der Waals surface area contributed by atoms with E-state index in [9.17, 15) is 4.57 Å². The zero-order chi connectivity index (χ0) is 19.9. The van der Waals surface area contributed by atoms with Gasteiger partial charge in [0, 0.05) is 44.2 Å². The summed E-state index contributed by atoms with van der Waals surface area (Å²) in [6, 6.07) is 5.74. The summed E-state index contributed by atoms with van der Waals surface area (Å²) in [5.41, 5.74) is 2.47. The molecule has 0 radical (unpaired) electrons. The lowest BCUT2D eigenvalue weighted by Crippen LogP contribution is -2.47. The van der Waals surface area contributed by atoms with Crippen molar-refractivity contribution >= 4 is 47.0 Å². The molecule has 0 bridgehead atoms. The van der Waals surface area contributed by atoms with Gasteiger partial charge in [0.05, 0.1) is 18.8 Å². The number of nitrogens with zero attached hydrogens (tertiary/aromatic N) is 4. The molecule has 0 amide bonds. The SMILES string of the molecule is COc1ccc2c(c1)[nH]c1c(N3CCN(CCP(=O)(O)O)CC3)nc(Cl)nc12. The fourth-order valence-corrected chi connectivity index (χ4v) is 4.22. The summed E-state index contributed by atoms with van der Waals surface area (Å²) < 4.78 is 16.4. The predicted octanol–water partition coefficient (Wildman–Crippen LogP) is 2.07. The zero-order valence-electron chi connectivity index (χ0n) is 15.3. The standard InChI is InChI=1S/C17H21ClN5O4P/c1-27-11-2-3-12-13(10-11)19-15-14(12)20-17(18)21-16(15)23-6-4-22(5-7-23)8-9-28(24,25)26/h2-3,10,19H,4-9H2,1H3,(H2,24,25,26). The molecule has 0 atom stereocenters. The molecule has 1 fully saturated rings. The van der Waals surface area contributed by atoms with Gasteiger partial charge in [-0.25, -0.2) is 4.98 Å². The van der Waals surface area contributed by atoms with Crippen LogP contribution in [0.3, 0.4) is 0 Å². The van der Waals surface area contributed by atoms with Gasteiger partial charge in [-0.05, 0) is 23.7 Å². The number of hydrogen-bond acceptors (Lipinski definition) is 6. The largest absolute Gasteiger partial charge is 0.497 e. The van der Waals surface area contributed by atoms with Gasteiger partial charge in [-0.2, -0.15) is 4.98 Å². The number of ether oxygens (including phenoxy) is 1. The third-order valence-electron chi connectivity index (χ3n) is 4.98. The monoisotopic (exact) mass is 425 g/mol. The normalized spacial score (nSPS) is 16.2. The minimum absolute atomic E-state index is 0.125. The second kappa shape index (κ2) is 7.50. The van der Waals surface area contributed by atoms with Crippen molar-refractivity contribution in [1.82, 2.24) is 19.9 Å². The third kappa shape index (κ3) is 3.94. The number of piperazine rings is 1. The number of rotatable bonds is 5. The van der Waals surface area contributed by atoms with Crippen molar-refractivity contribution in [2.45, 2.75) is 0 Å². The molecule has 3 aromatic rings. The molecular formula is C17H21ClN5O4P. The number of fused-ring (bicyclic) bond motifs is 3. The van der Waals surface area contributed by atoms with Crippen LogP contribution in [0, 0.1) is 0 Å². The van der Waals surface area contributed by atoms with E-state index in [1.807, 2.05) is 23.1 Å². The van der Waals surface area contributed by atoms with Crippen molar-refractivity contribution in [2.24, 2.45) is 0 Å². The smallest absolute Gasteiger partial charge is 0.326 e. The molecule has 0 saturated carbocycles. The summed E-state index contributed by atoms with van der Waals surface area (Å²) in [4.78, 5) is 34.5. The molecular weight excluding hydrogens is 405 g/mol. The fourth-order valence-electron chi connectivity index (χ4n) is 3.51. The number of nitrogens with one attached hydrogen (secondary N) is 1. The molecule has 3 heterocycles. The van der Waals surface area contributed by atoms with Gasteiger partial charge in [-0.1, -0.05) is 0 Å². The Morgan fingerprint density at radius 2 is 2.00 bits per heavy atom. The lowest BCUT2D eigenvalue weighted by molar-refractivity contribution is 0.264. The summed E-state index contributed by atoms with van der Waals surface area (Å²) >= 11 is 6.20. The molecule has 0 unspecified atom stereocenters. The van der Waals surface area contributed by atoms with Crippen LogP contribution in [-0.2, 0) is 4.57 Å². The molecule has 150 valence electrons. The molecule has 0 spiro atoms. The van der Waals surface area contributed by atoms with Gasteiger partial charge < -0.3 is 24.4 Å². The van der Waals surface area contributed by atoms with Crippen LogP contribution in [-0.4, -0.2) is 75.6 Å². The maximum absolute atomic E-state index is 11.1. The molecule has 2 aromatic heterocycles. The quantitative estimate of drug-likeness (QED) is 0.420. The lowest BCUT2D eigenvalue weighted by Gasteiger charge is -2.35. The Labute approximate surface area is 166 Å². The summed E-state index contributed by atoms with van der Waals surface area (Å²) in [7, 11) is -2.35. The molecule has 9 nitrogen and oxygen atoms in total. The van der Waals surface area contributed by atoms with E-state index >= 15 is 0 Å². The Bertz CT molecular complexity index is 1060. The topological polar surface area (TPSA) is 115 Å². The number of aromatic nitrogens is 3. The Hall–Kier alpha value is -1.90. The summed E-state index contributed by atoms with van der Waals surface area (Å²) in [6.45, 7) is 3.13. The third-order valence-corrected chi connectivity index (χ3v) is 5.94. The Kier molecular flexibility index (Phi) is 5.20. The highest BCUT2D eigenvalue weighted by Crippen LogP contribution is 2.35. The second-order valence-corrected chi connectivity index (χ2v) is 8.91. The van der Waals surface area contributed by atoms with E-state index in [4.69, 9.17) is 26.1 Å². The number of anilines is 1. The molecule has 1 aromatic carbocycles. The van der Waals surface area contributed by atoms with Crippen LogP contribution in [0.4, 0.5) is 5.82 Å². The summed E-state index contributed by atoms with van der Waals surface area (Å²) in [5.74, 6) is 1.48. The molecule has 0 aliphatic carbocycles. The van der Waals surface area contributed by atoms with E-state index < -0.39 is 7.60 Å². The Balaban J connectivity index is 1.61. The van der Waals surface area contributed by atoms with Crippen LogP contribution in [0.5, 0.6) is 5.75 Å². The molecule has 11 heteroatoms. The number of aromatic amines is 1. The molecule has 1 saturated heterocycles. The van der Waals surface area contributed by atoms with Crippen molar-refractivity contribution in [3.05, 3.63) is 23.5 Å². The first-order valence-electron chi connectivity index (χ1n) is 8.89. The van der Waals surface area contributed by atoms with E-state index in [1.54, 1.807) is 7.11 Å². The number of halogens is 1. The number of benzene rings is 1. The van der Waals surface area contributed by atoms with Crippen molar-refractivity contribution in [2.75, 3.05) is 50.9 Å². The van der Waals surface area contributed by atoms with Crippen molar-refractivity contribution < 1.29 is 19.1 Å². The highest BCUT2D eigenvalue weighted by atomic mass is 35.5. The van der Waals surface area contributed by atoms with Gasteiger partial charge in [-0.3, -0.25) is 9.46 Å². The highest BCUT2D eigenvalue weighted by molar-refractivity contribution is 7.51. The van der Waals surface area contributed by atoms with Gasteiger partial charge in [0.2, 0.25) is 5.28 Å². The molecule has 1 aliphatic heterocycles. The Morgan fingerprint density at radius 1 is 1.25 bits per heavy atom. The maximum Gasteiger partial charge on any atom is 0.326 e. The molecule has 3 N–H and O–H groups in total. The number of H-pyrrole nitrogens is 1. The lowest BCUT2D eigenvalue weighted by atomic mass is 10.2. The Morgan fingerprint density at radius 3 is 2.68 bits per heavy atom. The van der Waals surface area contributed by atoms with Crippen LogP contribution in [0.15, 0.2) is 18.2 Å². The van der Waals surface area contributed by atoms with Crippen LogP contribution >= 0.6 is 19.2 Å². The number of methoxy groups -OCH3 is 1. The van der Waals surface area contributed by atoms with E-state index in [0.717, 1.165) is 33.5 Å². The van der Waals surface area contributed by atoms with Crippen LogP contribution < -0.4 is 9.64 Å². The van der Waals surface area contributed by atoms with Crippen LogP contribution in [0.25, 0.3) is 21.9 Å². The molecule has 4 rings (SSSR count). The molecule has 1 aliphatic rings. The zero-order valence-corrected chi connectivity index (χ0v) is 17.0. The average Bonchev–Trinajstić information content (AvgIpc) is 3.03. The van der Waals surface area contributed by atoms with Crippen LogP contribution in [0.2, 0.25) is 5.28 Å². The highest BCUT2D eigenvalue weighted by Gasteiger charge is 2.24. The number of hydrogen-bond donors (Lipinski definition) is 3. The van der Waals surface area contributed by atoms with Crippen LogP contribution in [0.1, 0.15) is 0 Å². The van der Waals surface area contributed by atoms with E-state index in [-0.39, 0.29) is 11.4 Å². The van der Waals surface area contributed by atoms with Crippen molar-refractivity contribution in [3.63, 3.8) is 0 Å². The first kappa shape index (κ1) is 19.4. The minimum Gasteiger partial charge on any atom is -0.497 e. The van der Waals surface area contributed by atoms with Crippen molar-refractivity contribution in [3.8, 4) is 5.75 Å². The average molecular weight is 426 g/mol.